The van der Waals surface area contributed by atoms with Crippen molar-refractivity contribution in [3.8, 4) is 11.8 Å². The summed E-state index contributed by atoms with van der Waals surface area (Å²) in [5, 5.41) is 22.5. The van der Waals surface area contributed by atoms with Crippen molar-refractivity contribution in [3.05, 3.63) is 59.7 Å². The number of amides is 1. The summed E-state index contributed by atoms with van der Waals surface area (Å²) in [7, 11) is 0. The summed E-state index contributed by atoms with van der Waals surface area (Å²) in [6.45, 7) is 0.530. The van der Waals surface area contributed by atoms with Crippen LogP contribution in [0.3, 0.4) is 0 Å². The van der Waals surface area contributed by atoms with Gasteiger partial charge in [-0.15, -0.1) is 0 Å². The van der Waals surface area contributed by atoms with E-state index in [1.54, 1.807) is 48.5 Å². The van der Waals surface area contributed by atoms with Crippen molar-refractivity contribution < 1.29 is 9.53 Å². The summed E-state index contributed by atoms with van der Waals surface area (Å²) >= 11 is 0. The van der Waals surface area contributed by atoms with Crippen LogP contribution in [0.5, 0.6) is 5.75 Å². The first-order valence-corrected chi connectivity index (χ1v) is 8.21. The number of carbonyl (C=O) groups is 1. The molecule has 1 saturated heterocycles. The molecule has 7 nitrogen and oxygen atoms in total. The van der Waals surface area contributed by atoms with Crippen molar-refractivity contribution in [2.45, 2.75) is 18.6 Å². The normalized spacial score (nSPS) is 18.7. The van der Waals surface area contributed by atoms with E-state index in [4.69, 9.17) is 21.1 Å². The van der Waals surface area contributed by atoms with Crippen LogP contribution in [0.2, 0.25) is 0 Å². The molecule has 2 aromatic rings. The third-order valence-corrected chi connectivity index (χ3v) is 4.16. The molecule has 1 heterocycles. The molecular formula is C19H19N5O2. The van der Waals surface area contributed by atoms with Crippen LogP contribution in [0.4, 0.5) is 5.69 Å². The van der Waals surface area contributed by atoms with Crippen molar-refractivity contribution in [1.29, 1.82) is 10.7 Å². The van der Waals surface area contributed by atoms with E-state index in [0.717, 1.165) is 0 Å². The lowest BCUT2D eigenvalue weighted by atomic mass is 10.1. The molecule has 1 amide bonds. The van der Waals surface area contributed by atoms with Gasteiger partial charge in [0, 0.05) is 18.5 Å². The average molecular weight is 349 g/mol. The van der Waals surface area contributed by atoms with E-state index in [1.165, 1.54) is 0 Å². The smallest absolute Gasteiger partial charge is 0.241 e. The van der Waals surface area contributed by atoms with Gasteiger partial charge in [-0.3, -0.25) is 10.2 Å². The number of hydrogen-bond acceptors (Lipinski definition) is 5. The number of benzene rings is 2. The molecule has 2 atom stereocenters. The summed E-state index contributed by atoms with van der Waals surface area (Å²) in [6.07, 6.45) is 0.337. The molecule has 0 radical (unpaired) electrons. The molecule has 0 spiro atoms. The predicted molar refractivity (Wildman–Crippen MR) is 98.1 cm³/mol. The molecule has 0 bridgehead atoms. The number of nitriles is 1. The van der Waals surface area contributed by atoms with Gasteiger partial charge in [0.15, 0.2) is 0 Å². The average Bonchev–Trinajstić information content (AvgIpc) is 3.11. The Morgan fingerprint density at radius 3 is 2.88 bits per heavy atom. The monoisotopic (exact) mass is 349 g/mol. The highest BCUT2D eigenvalue weighted by molar-refractivity contribution is 5.96. The molecule has 1 aliphatic rings. The number of nitrogens with zero attached hydrogens (tertiary/aromatic N) is 1. The number of ether oxygens (including phenoxy) is 1. The minimum atomic E-state index is -0.400. The van der Waals surface area contributed by atoms with Crippen LogP contribution in [0.15, 0.2) is 48.5 Å². The second-order valence-electron chi connectivity index (χ2n) is 6.02. The Bertz CT molecular complexity index is 874. The van der Waals surface area contributed by atoms with Crippen LogP contribution in [-0.4, -0.2) is 30.4 Å². The number of hydrogen-bond donors (Lipinski definition) is 4. The van der Waals surface area contributed by atoms with Crippen molar-refractivity contribution >= 4 is 17.4 Å². The highest BCUT2D eigenvalue weighted by Gasteiger charge is 2.31. The van der Waals surface area contributed by atoms with Crippen LogP contribution in [0.1, 0.15) is 17.5 Å². The van der Waals surface area contributed by atoms with Crippen LogP contribution in [0, 0.1) is 16.7 Å². The van der Waals surface area contributed by atoms with Gasteiger partial charge in [-0.2, -0.15) is 5.26 Å². The molecule has 26 heavy (non-hydrogen) atoms. The van der Waals surface area contributed by atoms with Gasteiger partial charge < -0.3 is 21.1 Å². The number of nitrogens with one attached hydrogen (secondary N) is 3. The largest absolute Gasteiger partial charge is 0.489 e. The maximum atomic E-state index is 12.4. The van der Waals surface area contributed by atoms with E-state index in [-0.39, 0.29) is 17.8 Å². The maximum Gasteiger partial charge on any atom is 0.241 e. The fourth-order valence-electron chi connectivity index (χ4n) is 2.83. The summed E-state index contributed by atoms with van der Waals surface area (Å²) in [5.41, 5.74) is 7.01. The van der Waals surface area contributed by atoms with Crippen molar-refractivity contribution in [1.82, 2.24) is 5.32 Å². The number of rotatable bonds is 5. The minimum absolute atomic E-state index is 0.0200. The van der Waals surface area contributed by atoms with Crippen molar-refractivity contribution in [2.75, 3.05) is 11.9 Å². The predicted octanol–water partition coefficient (Wildman–Crippen LogP) is 1.59. The van der Waals surface area contributed by atoms with E-state index in [9.17, 15) is 4.79 Å². The zero-order valence-corrected chi connectivity index (χ0v) is 14.0. The van der Waals surface area contributed by atoms with Gasteiger partial charge in [0.05, 0.1) is 17.3 Å². The van der Waals surface area contributed by atoms with E-state index >= 15 is 0 Å². The zero-order valence-electron chi connectivity index (χ0n) is 14.0. The molecule has 1 unspecified atom stereocenters. The highest BCUT2D eigenvalue weighted by Crippen LogP contribution is 2.20. The Morgan fingerprint density at radius 1 is 1.31 bits per heavy atom. The number of nitrogens with two attached hydrogens (primary N) is 1. The quantitative estimate of drug-likeness (QED) is 0.482. The molecule has 0 aromatic heterocycles. The van der Waals surface area contributed by atoms with E-state index in [1.807, 2.05) is 0 Å². The van der Waals surface area contributed by atoms with Crippen LogP contribution in [-0.2, 0) is 4.79 Å². The Kier molecular flexibility index (Phi) is 5.15. The van der Waals surface area contributed by atoms with Gasteiger partial charge >= 0.3 is 0 Å². The van der Waals surface area contributed by atoms with Crippen LogP contribution in [0.25, 0.3) is 0 Å². The second-order valence-corrected chi connectivity index (χ2v) is 6.02. The Labute approximate surface area is 151 Å². The maximum absolute atomic E-state index is 12.4. The van der Waals surface area contributed by atoms with Gasteiger partial charge in [0.2, 0.25) is 5.91 Å². The third-order valence-electron chi connectivity index (χ3n) is 4.16. The lowest BCUT2D eigenvalue weighted by Gasteiger charge is -2.14. The topological polar surface area (TPSA) is 124 Å². The van der Waals surface area contributed by atoms with E-state index in [2.05, 4.69) is 16.7 Å². The molecule has 7 heteroatoms. The van der Waals surface area contributed by atoms with Crippen molar-refractivity contribution in [3.63, 3.8) is 0 Å². The summed E-state index contributed by atoms with van der Waals surface area (Å²) < 4.78 is 5.89. The molecule has 3 rings (SSSR count). The molecule has 0 saturated carbocycles. The SMILES string of the molecule is N#Cc1ccccc1NC(=O)[C@@H]1CC(Oc2cccc(C(=N)N)c2)CN1. The molecule has 132 valence electrons. The van der Waals surface area contributed by atoms with Crippen LogP contribution >= 0.6 is 0 Å². The number of amidine groups is 1. The third kappa shape index (κ3) is 3.99. The fraction of sp³-hybridized carbons (Fsp3) is 0.211. The molecule has 1 aliphatic heterocycles. The first-order valence-electron chi connectivity index (χ1n) is 8.21. The number of anilines is 1. The lowest BCUT2D eigenvalue weighted by Crippen LogP contribution is -2.35. The molecule has 5 N–H and O–H groups in total. The summed E-state index contributed by atoms with van der Waals surface area (Å²) in [5.74, 6) is 0.394. The number of carbonyl (C=O) groups excluding carboxylic acids is 1. The second kappa shape index (κ2) is 7.68. The molecule has 1 fully saturated rings. The van der Waals surface area contributed by atoms with Gasteiger partial charge in [-0.25, -0.2) is 0 Å². The zero-order chi connectivity index (χ0) is 18.5. The minimum Gasteiger partial charge on any atom is -0.489 e. The lowest BCUT2D eigenvalue weighted by molar-refractivity contribution is -0.117. The molecule has 2 aromatic carbocycles. The fourth-order valence-corrected chi connectivity index (χ4v) is 2.83. The standard InChI is InChI=1S/C19H19N5O2/c20-10-13-4-1-2-7-16(13)24-19(25)17-9-15(11-23-17)26-14-6-3-5-12(8-14)18(21)22/h1-8,15,17,23H,9,11H2,(H3,21,22)(H,24,25)/t15?,17-/m0/s1. The van der Waals surface area contributed by atoms with Gasteiger partial charge in [0.25, 0.3) is 0 Å². The number of nitrogen functional groups attached to an aromatic ring is 1. The van der Waals surface area contributed by atoms with E-state index < -0.39 is 6.04 Å². The van der Waals surface area contributed by atoms with Crippen LogP contribution < -0.4 is 21.1 Å². The summed E-state index contributed by atoms with van der Waals surface area (Å²) in [6, 6.07) is 15.6. The Morgan fingerprint density at radius 2 is 2.12 bits per heavy atom. The molecule has 0 aliphatic carbocycles. The Balaban J connectivity index is 1.60. The van der Waals surface area contributed by atoms with Crippen molar-refractivity contribution in [2.24, 2.45) is 5.73 Å². The summed E-state index contributed by atoms with van der Waals surface area (Å²) in [4.78, 5) is 12.4. The van der Waals surface area contributed by atoms with E-state index in [0.29, 0.717) is 35.5 Å². The number of para-hydroxylation sites is 1. The first kappa shape index (κ1) is 17.5. The Hall–Kier alpha value is -3.37. The highest BCUT2D eigenvalue weighted by atomic mass is 16.5. The van der Waals surface area contributed by atoms with Gasteiger partial charge in [-0.05, 0) is 24.3 Å². The first-order chi connectivity index (χ1) is 12.6. The molecular weight excluding hydrogens is 330 g/mol. The van der Waals surface area contributed by atoms with Gasteiger partial charge in [0.1, 0.15) is 23.8 Å². The van der Waals surface area contributed by atoms with Gasteiger partial charge in [-0.1, -0.05) is 24.3 Å².